The van der Waals surface area contributed by atoms with Gasteiger partial charge < -0.3 is 10.2 Å². The number of hydrogen-bond acceptors (Lipinski definition) is 3. The Labute approximate surface area is 117 Å². The molecule has 2 nitrogen and oxygen atoms in total. The Kier molecular flexibility index (Phi) is 6.33. The monoisotopic (exact) mass is 270 g/mol. The van der Waals surface area contributed by atoms with E-state index in [4.69, 9.17) is 0 Å². The van der Waals surface area contributed by atoms with Crippen LogP contribution in [0.15, 0.2) is 0 Å². The molecule has 3 heteroatoms. The van der Waals surface area contributed by atoms with Gasteiger partial charge in [0.1, 0.15) is 0 Å². The van der Waals surface area contributed by atoms with Gasteiger partial charge in [-0.3, -0.25) is 0 Å². The van der Waals surface area contributed by atoms with E-state index in [1.807, 2.05) is 11.8 Å². The summed E-state index contributed by atoms with van der Waals surface area (Å²) in [5.74, 6) is 1.34. The van der Waals surface area contributed by atoms with Gasteiger partial charge in [-0.15, -0.1) is 0 Å². The smallest absolute Gasteiger partial charge is 0.0309 e. The molecule has 0 aromatic rings. The van der Waals surface area contributed by atoms with Crippen molar-refractivity contribution in [3.8, 4) is 0 Å². The van der Waals surface area contributed by atoms with Crippen LogP contribution in [0.2, 0.25) is 0 Å². The van der Waals surface area contributed by atoms with Gasteiger partial charge in [-0.2, -0.15) is 11.8 Å². The Morgan fingerprint density at radius 1 is 1.11 bits per heavy atom. The number of nitrogens with zero attached hydrogens (tertiary/aromatic N) is 1. The van der Waals surface area contributed by atoms with Crippen LogP contribution in [-0.4, -0.2) is 48.6 Å². The summed E-state index contributed by atoms with van der Waals surface area (Å²) in [6, 6.07) is 0. The Morgan fingerprint density at radius 2 is 1.94 bits per heavy atom. The number of thioether (sulfide) groups is 1. The highest BCUT2D eigenvalue weighted by molar-refractivity contribution is 7.98. The lowest BCUT2D eigenvalue weighted by Crippen LogP contribution is -2.61. The first-order valence-electron chi connectivity index (χ1n) is 7.81. The van der Waals surface area contributed by atoms with Crippen molar-refractivity contribution in [1.82, 2.24) is 10.2 Å². The summed E-state index contributed by atoms with van der Waals surface area (Å²) >= 11 is 1.98. The highest BCUT2D eigenvalue weighted by atomic mass is 32.2. The second kappa shape index (κ2) is 7.76. The van der Waals surface area contributed by atoms with Crippen molar-refractivity contribution < 1.29 is 0 Å². The average molecular weight is 270 g/mol. The molecule has 0 amide bonds. The standard InChI is InChI=1S/C15H30N2S/c1-18-13-7-3-6-11-17-12-10-16-15(14-17)8-4-2-5-9-15/h16H,2-14H2,1H3. The van der Waals surface area contributed by atoms with Crippen LogP contribution in [0.1, 0.15) is 51.4 Å². The first-order chi connectivity index (χ1) is 8.85. The second-order valence-electron chi connectivity index (χ2n) is 6.10. The van der Waals surface area contributed by atoms with E-state index in [1.165, 1.54) is 83.3 Å². The molecule has 0 radical (unpaired) electrons. The third kappa shape index (κ3) is 4.43. The van der Waals surface area contributed by atoms with Crippen molar-refractivity contribution in [1.29, 1.82) is 0 Å². The number of hydrogen-bond donors (Lipinski definition) is 1. The summed E-state index contributed by atoms with van der Waals surface area (Å²) in [4.78, 5) is 2.72. The van der Waals surface area contributed by atoms with Crippen LogP contribution in [-0.2, 0) is 0 Å². The van der Waals surface area contributed by atoms with Gasteiger partial charge in [0.05, 0.1) is 0 Å². The van der Waals surface area contributed by atoms with Crippen molar-refractivity contribution in [2.45, 2.75) is 56.9 Å². The van der Waals surface area contributed by atoms with Gasteiger partial charge in [-0.05, 0) is 44.2 Å². The zero-order valence-electron chi connectivity index (χ0n) is 12.0. The van der Waals surface area contributed by atoms with Crippen LogP contribution in [0.25, 0.3) is 0 Å². The van der Waals surface area contributed by atoms with Crippen molar-refractivity contribution >= 4 is 11.8 Å². The van der Waals surface area contributed by atoms with Crippen molar-refractivity contribution in [3.05, 3.63) is 0 Å². The molecule has 0 atom stereocenters. The first-order valence-corrected chi connectivity index (χ1v) is 9.20. The second-order valence-corrected chi connectivity index (χ2v) is 7.08. The number of piperazine rings is 1. The first kappa shape index (κ1) is 14.7. The van der Waals surface area contributed by atoms with Gasteiger partial charge in [0.15, 0.2) is 0 Å². The van der Waals surface area contributed by atoms with Crippen LogP contribution in [0.5, 0.6) is 0 Å². The lowest BCUT2D eigenvalue weighted by atomic mass is 9.80. The minimum absolute atomic E-state index is 0.496. The fourth-order valence-electron chi connectivity index (χ4n) is 3.56. The van der Waals surface area contributed by atoms with Gasteiger partial charge in [0, 0.05) is 25.2 Å². The minimum Gasteiger partial charge on any atom is -0.309 e. The van der Waals surface area contributed by atoms with Gasteiger partial charge in [-0.25, -0.2) is 0 Å². The van der Waals surface area contributed by atoms with E-state index in [0.29, 0.717) is 5.54 Å². The summed E-state index contributed by atoms with van der Waals surface area (Å²) in [6.45, 7) is 5.13. The molecule has 2 fully saturated rings. The van der Waals surface area contributed by atoms with E-state index in [9.17, 15) is 0 Å². The van der Waals surface area contributed by atoms with E-state index < -0.39 is 0 Å². The molecule has 1 heterocycles. The molecule has 2 aliphatic rings. The fraction of sp³-hybridized carbons (Fsp3) is 1.00. The highest BCUT2D eigenvalue weighted by Gasteiger charge is 2.35. The molecule has 18 heavy (non-hydrogen) atoms. The molecule has 0 aromatic heterocycles. The van der Waals surface area contributed by atoms with Gasteiger partial charge in [-0.1, -0.05) is 25.7 Å². The third-order valence-electron chi connectivity index (χ3n) is 4.59. The van der Waals surface area contributed by atoms with E-state index in [1.54, 1.807) is 0 Å². The molecule has 0 bridgehead atoms. The Morgan fingerprint density at radius 3 is 2.72 bits per heavy atom. The maximum Gasteiger partial charge on any atom is 0.0309 e. The van der Waals surface area contributed by atoms with Crippen LogP contribution in [0, 0.1) is 0 Å². The van der Waals surface area contributed by atoms with Crippen LogP contribution in [0.3, 0.4) is 0 Å². The molecule has 1 saturated carbocycles. The summed E-state index contributed by atoms with van der Waals surface area (Å²) in [5.41, 5.74) is 0.496. The zero-order valence-corrected chi connectivity index (χ0v) is 12.9. The Balaban J connectivity index is 1.66. The molecule has 1 aliphatic carbocycles. The maximum atomic E-state index is 3.83. The van der Waals surface area contributed by atoms with Crippen molar-refractivity contribution in [2.75, 3.05) is 38.2 Å². The number of rotatable bonds is 6. The van der Waals surface area contributed by atoms with Gasteiger partial charge in [0.25, 0.3) is 0 Å². The average Bonchev–Trinajstić information content (AvgIpc) is 2.40. The van der Waals surface area contributed by atoms with Crippen molar-refractivity contribution in [2.24, 2.45) is 0 Å². The normalized spacial score (nSPS) is 24.5. The molecule has 1 saturated heterocycles. The van der Waals surface area contributed by atoms with Gasteiger partial charge >= 0.3 is 0 Å². The van der Waals surface area contributed by atoms with Crippen molar-refractivity contribution in [3.63, 3.8) is 0 Å². The topological polar surface area (TPSA) is 15.3 Å². The number of unbranched alkanes of at least 4 members (excludes halogenated alkanes) is 2. The third-order valence-corrected chi connectivity index (χ3v) is 5.28. The predicted octanol–water partition coefficient (Wildman–Crippen LogP) is 3.13. The molecule has 0 unspecified atom stereocenters. The predicted molar refractivity (Wildman–Crippen MR) is 82.5 cm³/mol. The van der Waals surface area contributed by atoms with Gasteiger partial charge in [0.2, 0.25) is 0 Å². The fourth-order valence-corrected chi connectivity index (χ4v) is 4.05. The van der Waals surface area contributed by atoms with Crippen LogP contribution < -0.4 is 5.32 Å². The summed E-state index contributed by atoms with van der Waals surface area (Å²) in [7, 11) is 0. The number of nitrogens with one attached hydrogen (secondary N) is 1. The maximum absolute atomic E-state index is 3.83. The molecular weight excluding hydrogens is 240 g/mol. The summed E-state index contributed by atoms with van der Waals surface area (Å²) < 4.78 is 0. The quantitative estimate of drug-likeness (QED) is 0.747. The van der Waals surface area contributed by atoms with E-state index in [-0.39, 0.29) is 0 Å². The van der Waals surface area contributed by atoms with E-state index >= 15 is 0 Å². The molecule has 1 N–H and O–H groups in total. The largest absolute Gasteiger partial charge is 0.309 e. The molecule has 1 spiro atoms. The SMILES string of the molecule is CSCCCCCN1CCNC2(CCCCC2)C1. The minimum atomic E-state index is 0.496. The molecular formula is C15H30N2S. The van der Waals surface area contributed by atoms with Crippen LogP contribution in [0.4, 0.5) is 0 Å². The summed E-state index contributed by atoms with van der Waals surface area (Å²) in [5, 5.41) is 3.83. The Hall–Kier alpha value is 0.270. The molecule has 0 aromatic carbocycles. The Bertz CT molecular complexity index is 221. The molecule has 2 rings (SSSR count). The lowest BCUT2D eigenvalue weighted by molar-refractivity contribution is 0.0982. The van der Waals surface area contributed by atoms with Crippen LogP contribution >= 0.6 is 11.8 Å². The highest BCUT2D eigenvalue weighted by Crippen LogP contribution is 2.30. The van der Waals surface area contributed by atoms with E-state index in [0.717, 1.165) is 0 Å². The van der Waals surface area contributed by atoms with E-state index in [2.05, 4.69) is 16.5 Å². The molecule has 1 aliphatic heterocycles. The molecule has 106 valence electrons. The lowest BCUT2D eigenvalue weighted by Gasteiger charge is -2.46. The summed E-state index contributed by atoms with van der Waals surface area (Å²) in [6.07, 6.45) is 13.6. The zero-order chi connectivity index (χ0) is 12.7.